The third-order valence-corrected chi connectivity index (χ3v) is 11.4. The molecule has 5 aliphatic rings. The van der Waals surface area contributed by atoms with Crippen LogP contribution in [-0.4, -0.2) is 80.7 Å². The number of ether oxygens (including phenoxy) is 1. The molecule has 2 aromatic carbocycles. The average Bonchev–Trinajstić information content (AvgIpc) is 3.54. The fraction of sp³-hybridized carbons (Fsp3) is 0.472. The number of piperidine rings is 1. The van der Waals surface area contributed by atoms with Gasteiger partial charge in [-0.15, -0.1) is 6.42 Å². The summed E-state index contributed by atoms with van der Waals surface area (Å²) in [4.78, 5) is 18.1. The second kappa shape index (κ2) is 10.2. The van der Waals surface area contributed by atoms with Crippen LogP contribution in [0.4, 0.5) is 19.0 Å². The van der Waals surface area contributed by atoms with E-state index in [1.165, 1.54) is 30.5 Å². The highest BCUT2D eigenvalue weighted by molar-refractivity contribution is 6.03. The van der Waals surface area contributed by atoms with E-state index in [-0.39, 0.29) is 63.3 Å². The van der Waals surface area contributed by atoms with Crippen LogP contribution in [0.2, 0.25) is 0 Å². The van der Waals surface area contributed by atoms with Crippen molar-refractivity contribution >= 4 is 27.5 Å². The Morgan fingerprint density at radius 2 is 1.96 bits per heavy atom. The van der Waals surface area contributed by atoms with E-state index in [0.717, 1.165) is 32.2 Å². The Morgan fingerprint density at radius 1 is 1.11 bits per heavy atom. The first-order valence-corrected chi connectivity index (χ1v) is 16.4. The van der Waals surface area contributed by atoms with Gasteiger partial charge in [0.2, 0.25) is 0 Å². The van der Waals surface area contributed by atoms with Gasteiger partial charge in [0.25, 0.3) is 0 Å². The number of hydrogen-bond acceptors (Lipinski definition) is 8. The summed E-state index contributed by atoms with van der Waals surface area (Å²) in [7, 11) is 0. The van der Waals surface area contributed by atoms with E-state index in [2.05, 4.69) is 25.7 Å². The second-order valence-electron chi connectivity index (χ2n) is 14.6. The summed E-state index contributed by atoms with van der Waals surface area (Å²) < 4.78 is 52.8. The zero-order valence-corrected chi connectivity index (χ0v) is 25.7. The standard InChI is InChI=1S/C36H34F3N5O3/c1-2-24-27(38)4-3-20-9-23(45)10-25(29(20)24)31-30(39)32-26(12-40-31)33(43-13-19-7-21(14-43)28(46)8-19)42-34(41-32)47-18-36-11-22(37)15-44(36)17-35(16-36)5-6-35/h1,3-4,9-10,12,19,21-22,28,45-46H,5-8,11,13-18H2. The molecule has 242 valence electrons. The van der Waals surface area contributed by atoms with Gasteiger partial charge in [-0.3, -0.25) is 9.88 Å². The van der Waals surface area contributed by atoms with Gasteiger partial charge in [0.1, 0.15) is 41.4 Å². The van der Waals surface area contributed by atoms with Gasteiger partial charge in [-0.05, 0) is 67.0 Å². The molecule has 2 N–H and O–H groups in total. The minimum atomic E-state index is -0.932. The summed E-state index contributed by atoms with van der Waals surface area (Å²) in [5, 5.41) is 22.2. The van der Waals surface area contributed by atoms with Crippen LogP contribution in [0.15, 0.2) is 30.5 Å². The molecule has 47 heavy (non-hydrogen) atoms. The number of aromatic hydroxyl groups is 1. The van der Waals surface area contributed by atoms with Crippen molar-refractivity contribution < 1.29 is 28.1 Å². The Bertz CT molecular complexity index is 2010. The maximum atomic E-state index is 16.9. The predicted octanol–water partition coefficient (Wildman–Crippen LogP) is 5.36. The van der Waals surface area contributed by atoms with Gasteiger partial charge in [-0.2, -0.15) is 9.97 Å². The average molecular weight is 642 g/mol. The normalized spacial score (nSPS) is 29.1. The molecule has 5 fully saturated rings. The summed E-state index contributed by atoms with van der Waals surface area (Å²) in [6, 6.07) is 5.42. The van der Waals surface area contributed by atoms with Gasteiger partial charge in [-0.1, -0.05) is 12.0 Å². The van der Waals surface area contributed by atoms with Crippen LogP contribution in [-0.2, 0) is 0 Å². The number of phenolic OH excluding ortho intramolecular Hbond substituents is 1. The van der Waals surface area contributed by atoms with Crippen molar-refractivity contribution in [3.05, 3.63) is 47.7 Å². The number of terminal acetylenes is 1. The number of alkyl halides is 1. The number of phenols is 1. The SMILES string of the molecule is C#Cc1c(F)ccc2cc(O)cc(-c3ncc4c(N5CC6CC(O)C(C6)C5)nc(OCC56CC(F)CN5CC5(CC5)C6)nc4c3F)c12. The van der Waals surface area contributed by atoms with Crippen LogP contribution in [0.5, 0.6) is 11.8 Å². The summed E-state index contributed by atoms with van der Waals surface area (Å²) in [5.74, 6) is 1.56. The van der Waals surface area contributed by atoms with Gasteiger partial charge in [0, 0.05) is 55.7 Å². The second-order valence-corrected chi connectivity index (χ2v) is 14.6. The van der Waals surface area contributed by atoms with E-state index in [1.807, 2.05) is 0 Å². The van der Waals surface area contributed by atoms with Crippen molar-refractivity contribution in [3.8, 4) is 35.4 Å². The number of aromatic nitrogens is 3. The number of aliphatic hydroxyl groups is 1. The molecule has 2 saturated carbocycles. The molecule has 2 aliphatic carbocycles. The summed E-state index contributed by atoms with van der Waals surface area (Å²) in [6.45, 7) is 2.61. The van der Waals surface area contributed by atoms with E-state index < -0.39 is 29.4 Å². The number of benzene rings is 2. The van der Waals surface area contributed by atoms with E-state index in [4.69, 9.17) is 16.1 Å². The van der Waals surface area contributed by atoms with E-state index in [1.54, 1.807) is 0 Å². The van der Waals surface area contributed by atoms with Gasteiger partial charge in [0.15, 0.2) is 5.82 Å². The Morgan fingerprint density at radius 3 is 2.74 bits per heavy atom. The lowest BCUT2D eigenvalue weighted by Crippen LogP contribution is -2.43. The molecule has 0 radical (unpaired) electrons. The molecule has 2 bridgehead atoms. The van der Waals surface area contributed by atoms with Crippen molar-refractivity contribution in [2.75, 3.05) is 37.7 Å². The molecule has 5 unspecified atom stereocenters. The summed E-state index contributed by atoms with van der Waals surface area (Å²) in [6.07, 6.45) is 11.0. The molecule has 8 nitrogen and oxygen atoms in total. The number of anilines is 1. The minimum absolute atomic E-state index is 0.0217. The van der Waals surface area contributed by atoms with Crippen molar-refractivity contribution in [1.82, 2.24) is 19.9 Å². The van der Waals surface area contributed by atoms with Crippen molar-refractivity contribution in [1.29, 1.82) is 0 Å². The monoisotopic (exact) mass is 641 g/mol. The van der Waals surface area contributed by atoms with Crippen molar-refractivity contribution in [2.45, 2.75) is 56.3 Å². The zero-order valence-electron chi connectivity index (χ0n) is 25.7. The van der Waals surface area contributed by atoms with Crippen LogP contribution >= 0.6 is 0 Å². The first-order valence-electron chi connectivity index (χ1n) is 16.4. The molecular weight excluding hydrogens is 607 g/mol. The van der Waals surface area contributed by atoms with Crippen molar-refractivity contribution in [3.63, 3.8) is 0 Å². The maximum Gasteiger partial charge on any atom is 0.319 e. The fourth-order valence-corrected chi connectivity index (χ4v) is 9.20. The summed E-state index contributed by atoms with van der Waals surface area (Å²) >= 11 is 0. The zero-order chi connectivity index (χ0) is 32.2. The molecule has 4 aromatic rings. The molecule has 11 heteroatoms. The number of nitrogens with zero attached hydrogens (tertiary/aromatic N) is 5. The fourth-order valence-electron chi connectivity index (χ4n) is 9.20. The maximum absolute atomic E-state index is 16.9. The molecule has 3 saturated heterocycles. The van der Waals surface area contributed by atoms with Crippen LogP contribution in [0.25, 0.3) is 32.9 Å². The minimum Gasteiger partial charge on any atom is -0.508 e. The number of halogens is 3. The van der Waals surface area contributed by atoms with Crippen molar-refractivity contribution in [2.24, 2.45) is 17.3 Å². The van der Waals surface area contributed by atoms with Gasteiger partial charge < -0.3 is 19.8 Å². The first-order chi connectivity index (χ1) is 22.6. The lowest BCUT2D eigenvalue weighted by molar-refractivity contribution is 0.107. The third-order valence-electron chi connectivity index (χ3n) is 11.4. The predicted molar refractivity (Wildman–Crippen MR) is 170 cm³/mol. The number of pyridine rings is 1. The Hall–Kier alpha value is -4.14. The van der Waals surface area contributed by atoms with Crippen LogP contribution in [0.1, 0.15) is 44.1 Å². The lowest BCUT2D eigenvalue weighted by Gasteiger charge is -2.34. The molecule has 3 aliphatic heterocycles. The van der Waals surface area contributed by atoms with Crippen LogP contribution < -0.4 is 9.64 Å². The van der Waals surface area contributed by atoms with Crippen LogP contribution in [0.3, 0.4) is 0 Å². The molecule has 9 rings (SSSR count). The van der Waals surface area contributed by atoms with Gasteiger partial charge in [-0.25, -0.2) is 13.2 Å². The van der Waals surface area contributed by atoms with Gasteiger partial charge in [0.05, 0.1) is 22.6 Å². The largest absolute Gasteiger partial charge is 0.508 e. The van der Waals surface area contributed by atoms with E-state index in [9.17, 15) is 19.0 Å². The molecule has 5 heterocycles. The number of rotatable bonds is 5. The number of fused-ring (bicyclic) bond motifs is 5. The van der Waals surface area contributed by atoms with Gasteiger partial charge >= 0.3 is 6.01 Å². The Balaban J connectivity index is 1.18. The Labute approximate surface area is 269 Å². The van der Waals surface area contributed by atoms with Crippen LogP contribution in [0, 0.1) is 41.2 Å². The first kappa shape index (κ1) is 29.0. The molecular formula is C36H34F3N5O3. The highest BCUT2D eigenvalue weighted by Crippen LogP contribution is 2.60. The molecule has 2 aromatic heterocycles. The summed E-state index contributed by atoms with van der Waals surface area (Å²) in [5.41, 5.74) is -0.356. The lowest BCUT2D eigenvalue weighted by atomic mass is 9.89. The highest BCUT2D eigenvalue weighted by atomic mass is 19.1. The quantitative estimate of drug-likeness (QED) is 0.282. The highest BCUT2D eigenvalue weighted by Gasteiger charge is 2.62. The number of hydrogen-bond donors (Lipinski definition) is 2. The molecule has 5 atom stereocenters. The number of aliphatic hydroxyl groups excluding tert-OH is 1. The Kier molecular flexibility index (Phi) is 6.29. The topological polar surface area (TPSA) is 94.8 Å². The van der Waals surface area contributed by atoms with E-state index >= 15 is 4.39 Å². The third kappa shape index (κ3) is 4.55. The van der Waals surface area contributed by atoms with E-state index in [0.29, 0.717) is 49.1 Å². The molecule has 1 spiro atoms. The molecule has 0 amide bonds. The smallest absolute Gasteiger partial charge is 0.319 e.